The highest BCUT2D eigenvalue weighted by atomic mass is 32.1. The van der Waals surface area contributed by atoms with Gasteiger partial charge in [0, 0.05) is 28.4 Å². The molecule has 1 aliphatic carbocycles. The molecule has 2 heterocycles. The smallest absolute Gasteiger partial charge is 0.0705 e. The highest BCUT2D eigenvalue weighted by Crippen LogP contribution is 2.41. The van der Waals surface area contributed by atoms with Gasteiger partial charge in [-0.1, -0.05) is 18.2 Å². The monoisotopic (exact) mass is 294 g/mol. The predicted molar refractivity (Wildman–Crippen MR) is 88.7 cm³/mol. The van der Waals surface area contributed by atoms with E-state index in [9.17, 15) is 0 Å². The van der Waals surface area contributed by atoms with Crippen molar-refractivity contribution in [2.45, 2.75) is 31.2 Å². The number of hydrogen-bond donors (Lipinski definition) is 1. The lowest BCUT2D eigenvalue weighted by Crippen LogP contribution is -2.22. The van der Waals surface area contributed by atoms with E-state index in [1.807, 2.05) is 23.6 Å². The fourth-order valence-corrected chi connectivity index (χ4v) is 4.41. The molecule has 0 radical (unpaired) electrons. The number of benzene rings is 1. The third-order valence-corrected chi connectivity index (χ3v) is 5.54. The Bertz CT molecular complexity index is 777. The molecule has 0 aliphatic heterocycles. The zero-order valence-electron chi connectivity index (χ0n) is 11.8. The summed E-state index contributed by atoms with van der Waals surface area (Å²) in [5.41, 5.74) is 10.3. The maximum atomic E-state index is 6.61. The van der Waals surface area contributed by atoms with Gasteiger partial charge in [0.2, 0.25) is 0 Å². The van der Waals surface area contributed by atoms with Crippen molar-refractivity contribution in [2.24, 2.45) is 5.73 Å². The van der Waals surface area contributed by atoms with Gasteiger partial charge in [-0.25, -0.2) is 0 Å². The van der Waals surface area contributed by atoms with Gasteiger partial charge in [-0.05, 0) is 54.0 Å². The van der Waals surface area contributed by atoms with E-state index in [1.54, 1.807) is 0 Å². The van der Waals surface area contributed by atoms with Gasteiger partial charge in [0.05, 0.1) is 5.52 Å². The molecule has 1 aromatic carbocycles. The van der Waals surface area contributed by atoms with Gasteiger partial charge >= 0.3 is 0 Å². The molecule has 21 heavy (non-hydrogen) atoms. The number of fused-ring (bicyclic) bond motifs is 2. The summed E-state index contributed by atoms with van der Waals surface area (Å²) in [6.45, 7) is 0. The molecule has 3 heteroatoms. The number of aryl methyl sites for hydroxylation is 1. The fourth-order valence-electron chi connectivity index (χ4n) is 3.42. The third-order valence-electron chi connectivity index (χ3n) is 4.55. The van der Waals surface area contributed by atoms with Gasteiger partial charge in [0.15, 0.2) is 0 Å². The van der Waals surface area contributed by atoms with Gasteiger partial charge < -0.3 is 5.73 Å². The highest BCUT2D eigenvalue weighted by Gasteiger charge is 2.27. The van der Waals surface area contributed by atoms with E-state index < -0.39 is 0 Å². The Labute approximate surface area is 128 Å². The van der Waals surface area contributed by atoms with Gasteiger partial charge in [-0.3, -0.25) is 4.98 Å². The first-order chi connectivity index (χ1) is 10.3. The quantitative estimate of drug-likeness (QED) is 0.760. The lowest BCUT2D eigenvalue weighted by Gasteiger charge is -2.28. The van der Waals surface area contributed by atoms with E-state index in [-0.39, 0.29) is 6.04 Å². The number of hydrogen-bond acceptors (Lipinski definition) is 3. The van der Waals surface area contributed by atoms with Crippen LogP contribution in [-0.4, -0.2) is 4.98 Å². The molecule has 0 saturated heterocycles. The number of rotatable bonds is 2. The summed E-state index contributed by atoms with van der Waals surface area (Å²) in [6, 6.07) is 12.8. The topological polar surface area (TPSA) is 38.9 Å². The predicted octanol–water partition coefficient (Wildman–Crippen LogP) is 4.42. The SMILES string of the molecule is NC(c1ccc2cccnc2c1)C1CCCc2sccc21. The molecule has 0 fully saturated rings. The van der Waals surface area contributed by atoms with Crippen molar-refractivity contribution in [2.75, 3.05) is 0 Å². The van der Waals surface area contributed by atoms with Crippen LogP contribution in [0.1, 0.15) is 40.8 Å². The number of thiophene rings is 1. The van der Waals surface area contributed by atoms with Gasteiger partial charge in [-0.15, -0.1) is 11.3 Å². The Hall–Kier alpha value is -1.71. The minimum Gasteiger partial charge on any atom is -0.323 e. The van der Waals surface area contributed by atoms with Crippen LogP contribution in [0, 0.1) is 0 Å². The number of aromatic nitrogens is 1. The standard InChI is InChI=1S/C18H18N2S/c19-18(15-4-1-5-17-14(15)8-10-21-17)13-7-6-12-3-2-9-20-16(12)11-13/h2-3,6-11,15,18H,1,4-5,19H2. The van der Waals surface area contributed by atoms with Crippen molar-refractivity contribution in [1.29, 1.82) is 0 Å². The van der Waals surface area contributed by atoms with Crippen LogP contribution in [0.4, 0.5) is 0 Å². The van der Waals surface area contributed by atoms with Crippen LogP contribution in [0.15, 0.2) is 48.0 Å². The second-order valence-corrected chi connectivity index (χ2v) is 6.78. The zero-order chi connectivity index (χ0) is 14.2. The van der Waals surface area contributed by atoms with Crippen LogP contribution in [0.2, 0.25) is 0 Å². The second-order valence-electron chi connectivity index (χ2n) is 5.78. The van der Waals surface area contributed by atoms with Gasteiger partial charge in [0.25, 0.3) is 0 Å². The maximum absolute atomic E-state index is 6.61. The first-order valence-electron chi connectivity index (χ1n) is 7.49. The third kappa shape index (κ3) is 2.27. The fraction of sp³-hybridized carbons (Fsp3) is 0.278. The van der Waals surface area contributed by atoms with Gasteiger partial charge in [-0.2, -0.15) is 0 Å². The van der Waals surface area contributed by atoms with E-state index in [1.165, 1.54) is 40.7 Å². The van der Waals surface area contributed by atoms with Crippen molar-refractivity contribution in [3.63, 3.8) is 0 Å². The first kappa shape index (κ1) is 13.0. The first-order valence-corrected chi connectivity index (χ1v) is 8.37. The Kier molecular flexibility index (Phi) is 3.24. The molecule has 2 aromatic heterocycles. The molecule has 0 saturated carbocycles. The number of nitrogens with zero attached hydrogens (tertiary/aromatic N) is 1. The molecule has 1 aliphatic rings. The van der Waals surface area contributed by atoms with Crippen LogP contribution < -0.4 is 5.73 Å². The van der Waals surface area contributed by atoms with E-state index >= 15 is 0 Å². The largest absolute Gasteiger partial charge is 0.323 e. The summed E-state index contributed by atoms with van der Waals surface area (Å²) >= 11 is 1.88. The molecular formula is C18H18N2S. The minimum atomic E-state index is 0.0602. The molecule has 2 N–H and O–H groups in total. The summed E-state index contributed by atoms with van der Waals surface area (Å²) in [5, 5.41) is 3.38. The molecule has 0 spiro atoms. The molecule has 2 unspecified atom stereocenters. The van der Waals surface area contributed by atoms with E-state index in [4.69, 9.17) is 5.73 Å². The minimum absolute atomic E-state index is 0.0602. The maximum Gasteiger partial charge on any atom is 0.0705 e. The average molecular weight is 294 g/mol. The van der Waals surface area contributed by atoms with Crippen molar-refractivity contribution >= 4 is 22.2 Å². The summed E-state index contributed by atoms with van der Waals surface area (Å²) in [4.78, 5) is 5.98. The lowest BCUT2D eigenvalue weighted by molar-refractivity contribution is 0.479. The van der Waals surface area contributed by atoms with Crippen LogP contribution in [0.3, 0.4) is 0 Å². The molecule has 106 valence electrons. The van der Waals surface area contributed by atoms with E-state index in [0.717, 1.165) is 5.52 Å². The van der Waals surface area contributed by atoms with Crippen molar-refractivity contribution in [3.8, 4) is 0 Å². The Balaban J connectivity index is 1.72. The van der Waals surface area contributed by atoms with Crippen LogP contribution >= 0.6 is 11.3 Å². The number of nitrogens with two attached hydrogens (primary N) is 1. The summed E-state index contributed by atoms with van der Waals surface area (Å²) in [7, 11) is 0. The van der Waals surface area contributed by atoms with Crippen molar-refractivity contribution < 1.29 is 0 Å². The summed E-state index contributed by atoms with van der Waals surface area (Å²) in [5.74, 6) is 0.446. The van der Waals surface area contributed by atoms with Crippen LogP contribution in [-0.2, 0) is 6.42 Å². The average Bonchev–Trinajstić information content (AvgIpc) is 3.02. The van der Waals surface area contributed by atoms with E-state index in [0.29, 0.717) is 5.92 Å². The molecule has 2 nitrogen and oxygen atoms in total. The van der Waals surface area contributed by atoms with Gasteiger partial charge in [0.1, 0.15) is 0 Å². The van der Waals surface area contributed by atoms with Crippen LogP contribution in [0.25, 0.3) is 10.9 Å². The summed E-state index contributed by atoms with van der Waals surface area (Å²) < 4.78 is 0. The second kappa shape index (κ2) is 5.24. The van der Waals surface area contributed by atoms with Crippen molar-refractivity contribution in [3.05, 3.63) is 64.0 Å². The Morgan fingerprint density at radius 1 is 1.24 bits per heavy atom. The lowest BCUT2D eigenvalue weighted by atomic mass is 9.80. The normalized spacial score (nSPS) is 19.4. The number of pyridine rings is 1. The van der Waals surface area contributed by atoms with E-state index in [2.05, 4.69) is 40.7 Å². The molecule has 3 aromatic rings. The van der Waals surface area contributed by atoms with Crippen molar-refractivity contribution in [1.82, 2.24) is 4.98 Å². The molecule has 0 amide bonds. The Morgan fingerprint density at radius 2 is 2.19 bits per heavy atom. The molecule has 2 atom stereocenters. The Morgan fingerprint density at radius 3 is 3.14 bits per heavy atom. The summed E-state index contributed by atoms with van der Waals surface area (Å²) in [6.07, 6.45) is 5.49. The molecular weight excluding hydrogens is 276 g/mol. The molecule has 4 rings (SSSR count). The highest BCUT2D eigenvalue weighted by molar-refractivity contribution is 7.10. The zero-order valence-corrected chi connectivity index (χ0v) is 12.6. The van der Waals surface area contributed by atoms with Crippen LogP contribution in [0.5, 0.6) is 0 Å². The molecule has 0 bridgehead atoms.